The van der Waals surface area contributed by atoms with Crippen LogP contribution in [0.25, 0.3) is 11.1 Å². The zero-order chi connectivity index (χ0) is 28.8. The lowest BCUT2D eigenvalue weighted by molar-refractivity contribution is -0.132. The van der Waals surface area contributed by atoms with E-state index in [1.54, 1.807) is 35.4 Å². The van der Waals surface area contributed by atoms with E-state index in [0.717, 1.165) is 33.8 Å². The van der Waals surface area contributed by atoms with Gasteiger partial charge in [-0.15, -0.1) is 0 Å². The van der Waals surface area contributed by atoms with E-state index in [4.69, 9.17) is 4.74 Å². The van der Waals surface area contributed by atoms with Crippen LogP contribution in [-0.2, 0) is 17.8 Å². The number of hydrogen-bond acceptors (Lipinski definition) is 6. The summed E-state index contributed by atoms with van der Waals surface area (Å²) < 4.78 is 8.34. The number of carbonyl (C=O) groups excluding carboxylic acids is 2. The van der Waals surface area contributed by atoms with Crippen LogP contribution in [0.1, 0.15) is 53.5 Å². The molecule has 1 aliphatic heterocycles. The number of rotatable bonds is 5. The summed E-state index contributed by atoms with van der Waals surface area (Å²) in [7, 11) is 1.78. The summed E-state index contributed by atoms with van der Waals surface area (Å²) in [5, 5.41) is 0. The molecular formula is C32H36N6O3. The van der Waals surface area contributed by atoms with Gasteiger partial charge in [0.15, 0.2) is 0 Å². The Bertz CT molecular complexity index is 1500. The molecular weight excluding hydrogens is 516 g/mol. The van der Waals surface area contributed by atoms with Gasteiger partial charge in [-0.2, -0.15) is 0 Å². The van der Waals surface area contributed by atoms with Crippen molar-refractivity contribution in [1.82, 2.24) is 29.3 Å². The van der Waals surface area contributed by atoms with E-state index in [9.17, 15) is 9.59 Å². The molecule has 4 aromatic rings. The molecule has 2 aromatic carbocycles. The summed E-state index contributed by atoms with van der Waals surface area (Å²) >= 11 is 0. The number of aryl methyl sites for hydroxylation is 1. The molecule has 2 aromatic heterocycles. The first kappa shape index (κ1) is 28.0. The fourth-order valence-electron chi connectivity index (χ4n) is 5.12. The number of aromatic nitrogens is 4. The summed E-state index contributed by atoms with van der Waals surface area (Å²) in [4.78, 5) is 42.9. The standard InChI is InChI=1S/C32H36N6O3/c1-23(2)31-35-10-12-38(31)11-9-30(39)37-14-13-36(3)32(40)26-6-4-5-24(17-26)18-27-19-25(28-20-33-22-34-21-28)7-8-29(27)41-16-15-37/h4-8,10,12,17,19-23H,9,11,13-16,18H2,1-3H3. The fraction of sp³-hybridized carbons (Fsp3) is 0.344. The maximum Gasteiger partial charge on any atom is 0.253 e. The molecule has 0 N–H and O–H groups in total. The maximum atomic E-state index is 13.4. The van der Waals surface area contributed by atoms with Gasteiger partial charge in [-0.05, 0) is 41.0 Å². The first-order valence-corrected chi connectivity index (χ1v) is 14.0. The van der Waals surface area contributed by atoms with Crippen molar-refractivity contribution in [3.05, 3.63) is 96.1 Å². The van der Waals surface area contributed by atoms with Crippen molar-refractivity contribution in [2.75, 3.05) is 33.3 Å². The van der Waals surface area contributed by atoms with Gasteiger partial charge < -0.3 is 19.1 Å². The highest BCUT2D eigenvalue weighted by molar-refractivity contribution is 5.94. The zero-order valence-electron chi connectivity index (χ0n) is 23.9. The first-order valence-electron chi connectivity index (χ1n) is 14.0. The Balaban J connectivity index is 1.40. The number of hydrogen-bond donors (Lipinski definition) is 0. The third-order valence-electron chi connectivity index (χ3n) is 7.38. The second-order valence-corrected chi connectivity index (χ2v) is 10.7. The van der Waals surface area contributed by atoms with Crippen molar-refractivity contribution in [1.29, 1.82) is 0 Å². The second-order valence-electron chi connectivity index (χ2n) is 10.7. The van der Waals surface area contributed by atoms with E-state index in [1.165, 1.54) is 6.33 Å². The van der Waals surface area contributed by atoms with Gasteiger partial charge in [-0.3, -0.25) is 9.59 Å². The normalized spacial score (nSPS) is 14.4. The van der Waals surface area contributed by atoms with Crippen LogP contribution >= 0.6 is 0 Å². The predicted molar refractivity (Wildman–Crippen MR) is 157 cm³/mol. The van der Waals surface area contributed by atoms with Crippen LogP contribution in [0, 0.1) is 0 Å². The van der Waals surface area contributed by atoms with Crippen molar-refractivity contribution in [2.45, 2.75) is 39.2 Å². The molecule has 0 unspecified atom stereocenters. The Hall–Kier alpha value is -4.53. The molecule has 212 valence electrons. The van der Waals surface area contributed by atoms with E-state index >= 15 is 0 Å². The number of likely N-dealkylation sites (N-methyl/N-ethyl adjacent to an activating group) is 1. The number of imidazole rings is 1. The summed E-state index contributed by atoms with van der Waals surface area (Å²) in [6, 6.07) is 13.8. The monoisotopic (exact) mass is 552 g/mol. The van der Waals surface area contributed by atoms with Crippen LogP contribution in [-0.4, -0.2) is 74.4 Å². The first-order chi connectivity index (χ1) is 19.9. The second kappa shape index (κ2) is 12.8. The van der Waals surface area contributed by atoms with Gasteiger partial charge >= 0.3 is 0 Å². The smallest absolute Gasteiger partial charge is 0.253 e. The molecule has 0 atom stereocenters. The van der Waals surface area contributed by atoms with Crippen LogP contribution in [0.2, 0.25) is 0 Å². The lowest BCUT2D eigenvalue weighted by Gasteiger charge is -2.27. The van der Waals surface area contributed by atoms with Gasteiger partial charge in [-0.1, -0.05) is 32.0 Å². The van der Waals surface area contributed by atoms with Crippen molar-refractivity contribution in [3.8, 4) is 16.9 Å². The highest BCUT2D eigenvalue weighted by atomic mass is 16.5. The molecule has 9 nitrogen and oxygen atoms in total. The van der Waals surface area contributed by atoms with E-state index < -0.39 is 0 Å². The van der Waals surface area contributed by atoms with E-state index in [1.807, 2.05) is 47.2 Å². The van der Waals surface area contributed by atoms with Crippen LogP contribution in [0.15, 0.2) is 73.6 Å². The Morgan fingerprint density at radius 1 is 1.00 bits per heavy atom. The highest BCUT2D eigenvalue weighted by Crippen LogP contribution is 2.29. The highest BCUT2D eigenvalue weighted by Gasteiger charge is 2.20. The van der Waals surface area contributed by atoms with Crippen LogP contribution in [0.4, 0.5) is 0 Å². The lowest BCUT2D eigenvalue weighted by atomic mass is 9.98. The number of amides is 2. The predicted octanol–water partition coefficient (Wildman–Crippen LogP) is 4.44. The quantitative estimate of drug-likeness (QED) is 0.364. The van der Waals surface area contributed by atoms with E-state index in [-0.39, 0.29) is 17.7 Å². The molecule has 9 heteroatoms. The minimum atomic E-state index is -0.0667. The summed E-state index contributed by atoms with van der Waals surface area (Å²) in [5.74, 6) is 1.95. The van der Waals surface area contributed by atoms with Gasteiger partial charge in [-0.25, -0.2) is 15.0 Å². The van der Waals surface area contributed by atoms with E-state index in [0.29, 0.717) is 51.2 Å². The number of carbonyl (C=O) groups is 2. The molecule has 0 saturated carbocycles. The Kier molecular flexibility index (Phi) is 8.72. The van der Waals surface area contributed by atoms with Crippen LogP contribution in [0.3, 0.4) is 0 Å². The van der Waals surface area contributed by atoms with Crippen LogP contribution in [0.5, 0.6) is 5.75 Å². The molecule has 2 amide bonds. The Labute approximate surface area is 240 Å². The molecule has 2 bridgehead atoms. The average molecular weight is 553 g/mol. The van der Waals surface area contributed by atoms with Crippen LogP contribution < -0.4 is 4.74 Å². The molecule has 41 heavy (non-hydrogen) atoms. The van der Waals surface area contributed by atoms with Crippen molar-refractivity contribution in [2.24, 2.45) is 0 Å². The third kappa shape index (κ3) is 6.80. The summed E-state index contributed by atoms with van der Waals surface area (Å²) in [6.07, 6.45) is 9.70. The topological polar surface area (TPSA) is 93.5 Å². The van der Waals surface area contributed by atoms with Crippen molar-refractivity contribution in [3.63, 3.8) is 0 Å². The number of nitrogens with zero attached hydrogens (tertiary/aromatic N) is 6. The largest absolute Gasteiger partial charge is 0.491 e. The van der Waals surface area contributed by atoms with Crippen molar-refractivity contribution >= 4 is 11.8 Å². The molecule has 0 fully saturated rings. The third-order valence-corrected chi connectivity index (χ3v) is 7.38. The summed E-state index contributed by atoms with van der Waals surface area (Å²) in [6.45, 7) is 6.35. The number of benzene rings is 2. The van der Waals surface area contributed by atoms with Gasteiger partial charge in [0.2, 0.25) is 5.91 Å². The number of ether oxygens (including phenoxy) is 1. The number of fused-ring (bicyclic) bond motifs is 3. The lowest BCUT2D eigenvalue weighted by Crippen LogP contribution is -2.41. The van der Waals surface area contributed by atoms with E-state index in [2.05, 4.69) is 34.9 Å². The fourth-order valence-corrected chi connectivity index (χ4v) is 5.12. The van der Waals surface area contributed by atoms with Crippen molar-refractivity contribution < 1.29 is 14.3 Å². The minimum Gasteiger partial charge on any atom is -0.491 e. The molecule has 0 aliphatic carbocycles. The Morgan fingerprint density at radius 3 is 2.63 bits per heavy atom. The van der Waals surface area contributed by atoms with Gasteiger partial charge in [0.05, 0.1) is 6.54 Å². The molecule has 0 saturated heterocycles. The maximum absolute atomic E-state index is 13.4. The molecule has 1 aliphatic rings. The molecule has 3 heterocycles. The molecule has 0 radical (unpaired) electrons. The van der Waals surface area contributed by atoms with Gasteiger partial charge in [0.25, 0.3) is 5.91 Å². The zero-order valence-corrected chi connectivity index (χ0v) is 23.9. The molecule has 0 spiro atoms. The summed E-state index contributed by atoms with van der Waals surface area (Å²) in [5.41, 5.74) is 4.52. The van der Waals surface area contributed by atoms with Gasteiger partial charge in [0.1, 0.15) is 24.5 Å². The minimum absolute atomic E-state index is 0.0200. The molecule has 5 rings (SSSR count). The average Bonchev–Trinajstić information content (AvgIpc) is 3.47. The SMILES string of the molecule is CC(C)c1nccn1CCC(=O)N1CCOc2ccc(-c3cncnc3)cc2Cc2cccc(c2)C(=O)N(C)CC1. The van der Waals surface area contributed by atoms with Gasteiger partial charge in [0, 0.05) is 81.4 Å². The Morgan fingerprint density at radius 2 is 1.83 bits per heavy atom.